The number of aryl methyl sites for hydroxylation is 3. The third kappa shape index (κ3) is 4.75. The molecule has 2 heterocycles. The average molecular weight is 534 g/mol. The Labute approximate surface area is 224 Å². The first-order valence-electron chi connectivity index (χ1n) is 12.0. The number of rotatable bonds is 5. The fourth-order valence-corrected chi connectivity index (χ4v) is 5.85. The number of carbonyl (C=O) groups is 1. The minimum atomic E-state index is -1.14. The largest absolute Gasteiger partial charge is 0.479 e. The van der Waals surface area contributed by atoms with E-state index >= 15 is 0 Å². The van der Waals surface area contributed by atoms with Crippen LogP contribution >= 0.6 is 22.9 Å². The first-order chi connectivity index (χ1) is 17.4. The van der Waals surface area contributed by atoms with Gasteiger partial charge in [-0.25, -0.2) is 14.8 Å². The molecule has 5 aromatic rings. The zero-order chi connectivity index (χ0) is 26.6. The zero-order valence-electron chi connectivity index (χ0n) is 21.6. The molecule has 0 radical (unpaired) electrons. The van der Waals surface area contributed by atoms with E-state index in [4.69, 9.17) is 21.3 Å². The van der Waals surface area contributed by atoms with Crippen LogP contribution in [-0.4, -0.2) is 31.2 Å². The van der Waals surface area contributed by atoms with E-state index in [1.807, 2.05) is 84.1 Å². The first kappa shape index (κ1) is 25.4. The third-order valence-electron chi connectivity index (χ3n) is 6.37. The number of halogens is 1. The van der Waals surface area contributed by atoms with Gasteiger partial charge in [0.25, 0.3) is 0 Å². The van der Waals surface area contributed by atoms with Gasteiger partial charge in [0.15, 0.2) is 6.10 Å². The molecule has 37 heavy (non-hydrogen) atoms. The molecule has 0 fully saturated rings. The third-order valence-corrected chi connectivity index (χ3v) is 7.76. The molecule has 0 aliphatic rings. The number of imidazole rings is 1. The minimum absolute atomic E-state index is 0.611. The van der Waals surface area contributed by atoms with Gasteiger partial charge in [0, 0.05) is 28.8 Å². The van der Waals surface area contributed by atoms with Gasteiger partial charge in [-0.1, -0.05) is 23.7 Å². The molecular formula is C29H28ClN3O3S. The van der Waals surface area contributed by atoms with Gasteiger partial charge >= 0.3 is 5.97 Å². The lowest BCUT2D eigenvalue weighted by Gasteiger charge is -2.28. The van der Waals surface area contributed by atoms with Gasteiger partial charge < -0.3 is 14.4 Å². The minimum Gasteiger partial charge on any atom is -0.479 e. The van der Waals surface area contributed by atoms with Crippen molar-refractivity contribution in [2.24, 2.45) is 7.05 Å². The highest BCUT2D eigenvalue weighted by molar-refractivity contribution is 7.22. The van der Waals surface area contributed by atoms with Gasteiger partial charge in [-0.3, -0.25) is 0 Å². The van der Waals surface area contributed by atoms with E-state index in [1.54, 1.807) is 11.3 Å². The Hall–Kier alpha value is -3.26. The second-order valence-corrected chi connectivity index (χ2v) is 11.7. The molecule has 6 nitrogen and oxygen atoms in total. The van der Waals surface area contributed by atoms with E-state index < -0.39 is 17.7 Å². The standard InChI is InChI=1S/C29H28ClN3O3S/c1-15-13-21-26(37-27(32-21)18-9-12-20-22(14-18)33(6)16(2)31-20)24(17-7-10-19(30)11-8-17)23(15)25(28(34)35)36-29(3,4)5/h7-14,25H,1-6H3,(H,34,35). The van der Waals surface area contributed by atoms with Crippen LogP contribution in [0.3, 0.4) is 0 Å². The maximum Gasteiger partial charge on any atom is 0.337 e. The van der Waals surface area contributed by atoms with Crippen LogP contribution in [0.25, 0.3) is 42.9 Å². The van der Waals surface area contributed by atoms with Crippen LogP contribution in [0.1, 0.15) is 43.8 Å². The van der Waals surface area contributed by atoms with Crippen LogP contribution in [0.2, 0.25) is 5.02 Å². The predicted molar refractivity (Wildman–Crippen MR) is 150 cm³/mol. The topological polar surface area (TPSA) is 77.2 Å². The van der Waals surface area contributed by atoms with Crippen molar-refractivity contribution < 1.29 is 14.6 Å². The van der Waals surface area contributed by atoms with Crippen molar-refractivity contribution in [3.05, 3.63) is 70.5 Å². The van der Waals surface area contributed by atoms with E-state index in [2.05, 4.69) is 15.6 Å². The summed E-state index contributed by atoms with van der Waals surface area (Å²) in [4.78, 5) is 22.1. The Morgan fingerprint density at radius 2 is 1.70 bits per heavy atom. The average Bonchev–Trinajstić information content (AvgIpc) is 3.37. The lowest BCUT2D eigenvalue weighted by Crippen LogP contribution is -2.28. The molecule has 1 N–H and O–H groups in total. The van der Waals surface area contributed by atoms with Gasteiger partial charge in [-0.15, -0.1) is 11.3 Å². The Kier molecular flexibility index (Phi) is 6.34. The van der Waals surface area contributed by atoms with Crippen molar-refractivity contribution in [1.82, 2.24) is 14.5 Å². The molecule has 0 aliphatic heterocycles. The zero-order valence-corrected chi connectivity index (χ0v) is 23.2. The number of hydrogen-bond donors (Lipinski definition) is 1. The number of ether oxygens (including phenoxy) is 1. The van der Waals surface area contributed by atoms with Gasteiger partial charge in [0.2, 0.25) is 0 Å². The molecule has 0 amide bonds. The summed E-state index contributed by atoms with van der Waals surface area (Å²) in [5.74, 6) is -0.0883. The van der Waals surface area contributed by atoms with Crippen LogP contribution in [0.4, 0.5) is 0 Å². The number of benzene rings is 3. The van der Waals surface area contributed by atoms with E-state index in [1.165, 1.54) is 0 Å². The summed E-state index contributed by atoms with van der Waals surface area (Å²) in [5, 5.41) is 11.7. The van der Waals surface area contributed by atoms with Gasteiger partial charge in [0.05, 0.1) is 26.9 Å². The monoisotopic (exact) mass is 533 g/mol. The van der Waals surface area contributed by atoms with Crippen molar-refractivity contribution >= 4 is 50.2 Å². The fraction of sp³-hybridized carbons (Fsp3) is 0.276. The van der Waals surface area contributed by atoms with Crippen molar-refractivity contribution in [2.75, 3.05) is 0 Å². The number of aromatic nitrogens is 3. The summed E-state index contributed by atoms with van der Waals surface area (Å²) < 4.78 is 9.07. The summed E-state index contributed by atoms with van der Waals surface area (Å²) in [6.07, 6.45) is -1.14. The molecule has 8 heteroatoms. The molecule has 1 unspecified atom stereocenters. The van der Waals surface area contributed by atoms with Crippen molar-refractivity contribution in [3.63, 3.8) is 0 Å². The molecule has 190 valence electrons. The number of thiazole rings is 1. The Morgan fingerprint density at radius 3 is 2.35 bits per heavy atom. The van der Waals surface area contributed by atoms with E-state index in [0.29, 0.717) is 10.6 Å². The van der Waals surface area contributed by atoms with Crippen LogP contribution in [0, 0.1) is 13.8 Å². The lowest BCUT2D eigenvalue weighted by atomic mass is 9.91. The van der Waals surface area contributed by atoms with E-state index in [9.17, 15) is 9.90 Å². The molecule has 2 aromatic heterocycles. The predicted octanol–water partition coefficient (Wildman–Crippen LogP) is 7.73. The molecule has 5 rings (SSSR count). The molecule has 0 saturated heterocycles. The highest BCUT2D eigenvalue weighted by Crippen LogP contribution is 2.44. The van der Waals surface area contributed by atoms with E-state index in [-0.39, 0.29) is 0 Å². The lowest BCUT2D eigenvalue weighted by molar-refractivity contribution is -0.160. The molecule has 1 atom stereocenters. The number of nitrogens with zero attached hydrogens (tertiary/aromatic N) is 3. The Balaban J connectivity index is 1.78. The number of carboxylic acids is 1. The van der Waals surface area contributed by atoms with E-state index in [0.717, 1.165) is 54.3 Å². The van der Waals surface area contributed by atoms with Crippen LogP contribution in [0.5, 0.6) is 0 Å². The SMILES string of the molecule is Cc1cc2nc(-c3ccc4nc(C)n(C)c4c3)sc2c(-c2ccc(Cl)cc2)c1C(OC(C)(C)C)C(=O)O. The maximum absolute atomic E-state index is 12.5. The number of aliphatic carboxylic acids is 1. The maximum atomic E-state index is 12.5. The van der Waals surface area contributed by atoms with Crippen molar-refractivity contribution in [3.8, 4) is 21.7 Å². The second-order valence-electron chi connectivity index (χ2n) is 10.2. The van der Waals surface area contributed by atoms with Gasteiger partial charge in [-0.2, -0.15) is 0 Å². The van der Waals surface area contributed by atoms with Crippen LogP contribution in [-0.2, 0) is 16.6 Å². The highest BCUT2D eigenvalue weighted by Gasteiger charge is 2.32. The Morgan fingerprint density at radius 1 is 1.03 bits per heavy atom. The van der Waals surface area contributed by atoms with Crippen LogP contribution < -0.4 is 0 Å². The molecule has 0 aliphatic carbocycles. The van der Waals surface area contributed by atoms with Crippen molar-refractivity contribution in [1.29, 1.82) is 0 Å². The first-order valence-corrected chi connectivity index (χ1v) is 13.2. The summed E-state index contributed by atoms with van der Waals surface area (Å²) in [6.45, 7) is 9.48. The molecule has 3 aromatic carbocycles. The fourth-order valence-electron chi connectivity index (χ4n) is 4.61. The number of carboxylic acid groups (broad SMARTS) is 1. The van der Waals surface area contributed by atoms with Crippen molar-refractivity contribution in [2.45, 2.75) is 46.3 Å². The summed E-state index contributed by atoms with van der Waals surface area (Å²) in [6, 6.07) is 15.6. The van der Waals surface area contributed by atoms with Gasteiger partial charge in [0.1, 0.15) is 10.8 Å². The summed E-state index contributed by atoms with van der Waals surface area (Å²) in [7, 11) is 2.00. The van der Waals surface area contributed by atoms with Gasteiger partial charge in [-0.05, 0) is 82.1 Å². The normalized spacial score (nSPS) is 12.9. The highest BCUT2D eigenvalue weighted by atomic mass is 35.5. The quantitative estimate of drug-likeness (QED) is 0.250. The summed E-state index contributed by atoms with van der Waals surface area (Å²) >= 11 is 7.74. The Bertz CT molecular complexity index is 1660. The smallest absolute Gasteiger partial charge is 0.337 e. The number of fused-ring (bicyclic) bond motifs is 2. The summed E-state index contributed by atoms with van der Waals surface area (Å²) in [5.41, 5.74) is 6.23. The molecule has 0 spiro atoms. The van der Waals surface area contributed by atoms with Crippen LogP contribution in [0.15, 0.2) is 48.5 Å². The number of hydrogen-bond acceptors (Lipinski definition) is 5. The molecule has 0 bridgehead atoms. The molecule has 0 saturated carbocycles. The second kappa shape index (κ2) is 9.24. The molecular weight excluding hydrogens is 506 g/mol.